The first-order chi connectivity index (χ1) is 8.11. The van der Waals surface area contributed by atoms with Gasteiger partial charge in [0.15, 0.2) is 5.82 Å². The highest BCUT2D eigenvalue weighted by Gasteiger charge is 2.09. The van der Waals surface area contributed by atoms with Gasteiger partial charge in [0.05, 0.1) is 18.5 Å². The van der Waals surface area contributed by atoms with Crippen LogP contribution in [0.5, 0.6) is 5.75 Å². The monoisotopic (exact) mass is 232 g/mol. The van der Waals surface area contributed by atoms with Gasteiger partial charge in [-0.2, -0.15) is 5.10 Å². The van der Waals surface area contributed by atoms with Crippen molar-refractivity contribution in [2.24, 2.45) is 7.05 Å². The van der Waals surface area contributed by atoms with Crippen molar-refractivity contribution < 1.29 is 4.74 Å². The summed E-state index contributed by atoms with van der Waals surface area (Å²) in [5.41, 5.74) is 8.37. The molecule has 17 heavy (non-hydrogen) atoms. The minimum atomic E-state index is 0.670. The van der Waals surface area contributed by atoms with Gasteiger partial charge in [-0.25, -0.2) is 0 Å². The third-order valence-electron chi connectivity index (χ3n) is 2.62. The number of benzene rings is 1. The lowest BCUT2D eigenvalue weighted by Gasteiger charge is -2.08. The van der Waals surface area contributed by atoms with Crippen LogP contribution in [0, 0.1) is 6.92 Å². The number of nitrogen functional groups attached to an aromatic ring is 1. The van der Waals surface area contributed by atoms with Crippen molar-refractivity contribution in [3.63, 3.8) is 0 Å². The second kappa shape index (κ2) is 4.37. The fraction of sp³-hybridized carbons (Fsp3) is 0.250. The molecule has 1 aromatic carbocycles. The molecule has 0 atom stereocenters. The van der Waals surface area contributed by atoms with E-state index in [1.54, 1.807) is 11.8 Å². The lowest BCUT2D eigenvalue weighted by Crippen LogP contribution is -2.01. The van der Waals surface area contributed by atoms with E-state index in [4.69, 9.17) is 10.5 Å². The van der Waals surface area contributed by atoms with Gasteiger partial charge in [-0.05, 0) is 31.2 Å². The van der Waals surface area contributed by atoms with Gasteiger partial charge >= 0.3 is 0 Å². The van der Waals surface area contributed by atoms with E-state index < -0.39 is 0 Å². The molecule has 0 bridgehead atoms. The highest BCUT2D eigenvalue weighted by molar-refractivity contribution is 5.71. The number of methoxy groups -OCH3 is 1. The minimum Gasteiger partial charge on any atom is -0.497 e. The number of aryl methyl sites for hydroxylation is 2. The summed E-state index contributed by atoms with van der Waals surface area (Å²) < 4.78 is 6.83. The number of nitrogens with one attached hydrogen (secondary N) is 1. The molecule has 0 spiro atoms. The minimum absolute atomic E-state index is 0.670. The van der Waals surface area contributed by atoms with E-state index in [2.05, 4.69) is 10.4 Å². The van der Waals surface area contributed by atoms with Crippen LogP contribution < -0.4 is 15.8 Å². The van der Waals surface area contributed by atoms with Gasteiger partial charge in [0.2, 0.25) is 0 Å². The molecule has 2 rings (SSSR count). The third-order valence-corrected chi connectivity index (χ3v) is 2.62. The van der Waals surface area contributed by atoms with Crippen LogP contribution in [0.15, 0.2) is 24.3 Å². The van der Waals surface area contributed by atoms with E-state index in [1.807, 2.05) is 38.2 Å². The Balaban J connectivity index is 2.25. The average Bonchev–Trinajstić information content (AvgIpc) is 2.57. The summed E-state index contributed by atoms with van der Waals surface area (Å²) in [6, 6.07) is 7.64. The van der Waals surface area contributed by atoms with Gasteiger partial charge in [0.25, 0.3) is 0 Å². The fourth-order valence-corrected chi connectivity index (χ4v) is 1.63. The normalized spacial score (nSPS) is 10.3. The van der Waals surface area contributed by atoms with Gasteiger partial charge in [-0.1, -0.05) is 0 Å². The summed E-state index contributed by atoms with van der Waals surface area (Å²) in [4.78, 5) is 0. The molecule has 90 valence electrons. The van der Waals surface area contributed by atoms with Crippen LogP contribution >= 0.6 is 0 Å². The summed E-state index contributed by atoms with van der Waals surface area (Å²) in [7, 11) is 3.50. The van der Waals surface area contributed by atoms with Crippen molar-refractivity contribution >= 4 is 17.2 Å². The Bertz CT molecular complexity index is 516. The molecule has 1 aromatic heterocycles. The lowest BCUT2D eigenvalue weighted by atomic mass is 10.3. The van der Waals surface area contributed by atoms with Crippen LogP contribution in [0.2, 0.25) is 0 Å². The molecule has 3 N–H and O–H groups in total. The highest BCUT2D eigenvalue weighted by Crippen LogP contribution is 2.26. The van der Waals surface area contributed by atoms with Crippen molar-refractivity contribution in [2.45, 2.75) is 6.92 Å². The topological polar surface area (TPSA) is 65.1 Å². The summed E-state index contributed by atoms with van der Waals surface area (Å²) in [5, 5.41) is 7.48. The lowest BCUT2D eigenvalue weighted by molar-refractivity contribution is 0.415. The van der Waals surface area contributed by atoms with Gasteiger partial charge in [-0.3, -0.25) is 4.68 Å². The molecule has 0 radical (unpaired) electrons. The first kappa shape index (κ1) is 11.3. The Labute approximate surface area is 100 Å². The molecule has 0 aliphatic rings. The maximum absolute atomic E-state index is 5.94. The molecule has 1 heterocycles. The standard InChI is InChI=1S/C12H16N4O/c1-8-11(13)12(16(2)15-8)14-9-4-6-10(17-3)7-5-9/h4-7,14H,13H2,1-3H3. The van der Waals surface area contributed by atoms with Crippen molar-refractivity contribution in [1.82, 2.24) is 9.78 Å². The van der Waals surface area contributed by atoms with Crippen LogP contribution in [0.3, 0.4) is 0 Å². The predicted octanol–water partition coefficient (Wildman–Crippen LogP) is 2.06. The zero-order valence-electron chi connectivity index (χ0n) is 10.2. The Kier molecular flexibility index (Phi) is 2.91. The number of hydrogen-bond donors (Lipinski definition) is 2. The van der Waals surface area contributed by atoms with E-state index in [0.29, 0.717) is 5.69 Å². The summed E-state index contributed by atoms with van der Waals surface area (Å²) in [6.07, 6.45) is 0. The maximum atomic E-state index is 5.94. The van der Waals surface area contributed by atoms with Gasteiger partial charge in [0.1, 0.15) is 5.75 Å². The van der Waals surface area contributed by atoms with Crippen LogP contribution in [0.4, 0.5) is 17.2 Å². The van der Waals surface area contributed by atoms with Crippen molar-refractivity contribution in [3.8, 4) is 5.75 Å². The Morgan fingerprint density at radius 3 is 2.41 bits per heavy atom. The molecule has 0 saturated heterocycles. The van der Waals surface area contributed by atoms with Gasteiger partial charge in [-0.15, -0.1) is 0 Å². The zero-order chi connectivity index (χ0) is 12.4. The second-order valence-corrected chi connectivity index (χ2v) is 3.82. The van der Waals surface area contributed by atoms with Crippen LogP contribution in [-0.4, -0.2) is 16.9 Å². The van der Waals surface area contributed by atoms with E-state index >= 15 is 0 Å². The molecule has 0 fully saturated rings. The maximum Gasteiger partial charge on any atom is 0.152 e. The molecule has 0 saturated carbocycles. The number of nitrogens with zero attached hydrogens (tertiary/aromatic N) is 2. The molecular formula is C12H16N4O. The predicted molar refractivity (Wildman–Crippen MR) is 68.6 cm³/mol. The zero-order valence-corrected chi connectivity index (χ0v) is 10.2. The largest absolute Gasteiger partial charge is 0.497 e. The number of ether oxygens (including phenoxy) is 1. The number of nitrogens with two attached hydrogens (primary N) is 1. The molecule has 0 aliphatic heterocycles. The molecule has 5 nitrogen and oxygen atoms in total. The van der Waals surface area contributed by atoms with Crippen molar-refractivity contribution in [1.29, 1.82) is 0 Å². The molecule has 0 unspecified atom stereocenters. The second-order valence-electron chi connectivity index (χ2n) is 3.82. The summed E-state index contributed by atoms with van der Waals surface area (Å²) in [5.74, 6) is 1.62. The van der Waals surface area contributed by atoms with Crippen molar-refractivity contribution in [2.75, 3.05) is 18.2 Å². The number of hydrogen-bond acceptors (Lipinski definition) is 4. The van der Waals surface area contributed by atoms with Crippen LogP contribution in [0.25, 0.3) is 0 Å². The van der Waals surface area contributed by atoms with E-state index in [-0.39, 0.29) is 0 Å². The Morgan fingerprint density at radius 1 is 1.29 bits per heavy atom. The third kappa shape index (κ3) is 2.18. The molecule has 0 aliphatic carbocycles. The quantitative estimate of drug-likeness (QED) is 0.850. The van der Waals surface area contributed by atoms with Crippen molar-refractivity contribution in [3.05, 3.63) is 30.0 Å². The first-order valence-electron chi connectivity index (χ1n) is 5.32. The average molecular weight is 232 g/mol. The fourth-order valence-electron chi connectivity index (χ4n) is 1.63. The molecular weight excluding hydrogens is 216 g/mol. The Morgan fingerprint density at radius 2 is 1.94 bits per heavy atom. The van der Waals surface area contributed by atoms with Crippen LogP contribution in [-0.2, 0) is 7.05 Å². The molecule has 2 aromatic rings. The molecule has 5 heteroatoms. The smallest absolute Gasteiger partial charge is 0.152 e. The number of anilines is 3. The number of rotatable bonds is 3. The highest BCUT2D eigenvalue weighted by atomic mass is 16.5. The van der Waals surface area contributed by atoms with Crippen LogP contribution in [0.1, 0.15) is 5.69 Å². The van der Waals surface area contributed by atoms with E-state index in [0.717, 1.165) is 22.9 Å². The summed E-state index contributed by atoms with van der Waals surface area (Å²) >= 11 is 0. The van der Waals surface area contributed by atoms with E-state index in [1.165, 1.54) is 0 Å². The first-order valence-corrected chi connectivity index (χ1v) is 5.32. The SMILES string of the molecule is COc1ccc(Nc2c(N)c(C)nn2C)cc1. The van der Waals surface area contributed by atoms with Gasteiger partial charge < -0.3 is 15.8 Å². The molecule has 0 amide bonds. The Hall–Kier alpha value is -2.17. The van der Waals surface area contributed by atoms with E-state index in [9.17, 15) is 0 Å². The summed E-state index contributed by atoms with van der Waals surface area (Å²) in [6.45, 7) is 1.88. The number of aromatic nitrogens is 2. The van der Waals surface area contributed by atoms with Gasteiger partial charge in [0, 0.05) is 12.7 Å².